The highest BCUT2D eigenvalue weighted by Gasteiger charge is 2.13. The summed E-state index contributed by atoms with van der Waals surface area (Å²) < 4.78 is 4.92. The van der Waals surface area contributed by atoms with Crippen molar-refractivity contribution in [2.24, 2.45) is 0 Å². The second-order valence-electron chi connectivity index (χ2n) is 5.45. The van der Waals surface area contributed by atoms with Gasteiger partial charge in [-0.05, 0) is 30.2 Å². The van der Waals surface area contributed by atoms with Crippen LogP contribution in [-0.2, 0) is 16.0 Å². The topological polar surface area (TPSA) is 67.4 Å². The van der Waals surface area contributed by atoms with Gasteiger partial charge in [0, 0.05) is 13.7 Å². The maximum atomic E-state index is 12.3. The maximum absolute atomic E-state index is 12.3. The van der Waals surface area contributed by atoms with Gasteiger partial charge in [-0.15, -0.1) is 0 Å². The number of para-hydroxylation sites is 1. The quantitative estimate of drug-likeness (QED) is 0.769. The molecule has 0 unspecified atom stereocenters. The third kappa shape index (κ3) is 4.93. The zero-order valence-corrected chi connectivity index (χ0v) is 14.0. The number of hydrogen-bond acceptors (Lipinski definition) is 3. The molecule has 0 aromatic heterocycles. The summed E-state index contributed by atoms with van der Waals surface area (Å²) in [5, 5.41) is 5.58. The van der Waals surface area contributed by atoms with Crippen LogP contribution in [0.5, 0.6) is 0 Å². The Kier molecular flexibility index (Phi) is 6.51. The fourth-order valence-electron chi connectivity index (χ4n) is 2.33. The van der Waals surface area contributed by atoms with Gasteiger partial charge in [0.15, 0.2) is 0 Å². The molecule has 5 heteroatoms. The molecule has 0 atom stereocenters. The minimum Gasteiger partial charge on any atom is -0.383 e. The van der Waals surface area contributed by atoms with Crippen LogP contribution >= 0.6 is 0 Å². The summed E-state index contributed by atoms with van der Waals surface area (Å²) in [6.45, 7) is 2.83. The van der Waals surface area contributed by atoms with Crippen LogP contribution < -0.4 is 10.6 Å². The van der Waals surface area contributed by atoms with E-state index in [1.165, 1.54) is 0 Å². The molecule has 24 heavy (non-hydrogen) atoms. The summed E-state index contributed by atoms with van der Waals surface area (Å²) in [4.78, 5) is 24.5. The largest absolute Gasteiger partial charge is 0.383 e. The molecular formula is C19H22N2O3. The lowest BCUT2D eigenvalue weighted by molar-refractivity contribution is -0.115. The standard InChI is InChI=1S/C19H22N2O3/c1-14-7-3-4-8-15(14)13-18(22)21-17-10-6-5-9-16(17)19(23)20-11-12-24-2/h3-10H,11-13H2,1-2H3,(H,20,23)(H,21,22). The lowest BCUT2D eigenvalue weighted by atomic mass is 10.1. The van der Waals surface area contributed by atoms with E-state index in [1.54, 1.807) is 31.4 Å². The van der Waals surface area contributed by atoms with Crippen LogP contribution in [0.15, 0.2) is 48.5 Å². The van der Waals surface area contributed by atoms with Gasteiger partial charge in [-0.1, -0.05) is 36.4 Å². The number of benzene rings is 2. The summed E-state index contributed by atoms with van der Waals surface area (Å²) in [6.07, 6.45) is 0.270. The van der Waals surface area contributed by atoms with Crippen molar-refractivity contribution in [1.82, 2.24) is 5.32 Å². The molecule has 0 aliphatic rings. The van der Waals surface area contributed by atoms with E-state index in [-0.39, 0.29) is 18.2 Å². The number of carbonyl (C=O) groups excluding carboxylic acids is 2. The Balaban J connectivity index is 2.05. The van der Waals surface area contributed by atoms with Crippen LogP contribution in [0.2, 0.25) is 0 Å². The number of nitrogens with one attached hydrogen (secondary N) is 2. The van der Waals surface area contributed by atoms with Crippen molar-refractivity contribution in [3.8, 4) is 0 Å². The fraction of sp³-hybridized carbons (Fsp3) is 0.263. The molecule has 0 aliphatic heterocycles. The molecule has 2 N–H and O–H groups in total. The normalized spacial score (nSPS) is 10.2. The van der Waals surface area contributed by atoms with Crippen molar-refractivity contribution in [1.29, 1.82) is 0 Å². The summed E-state index contributed by atoms with van der Waals surface area (Å²) in [7, 11) is 1.58. The average molecular weight is 326 g/mol. The molecule has 0 heterocycles. The van der Waals surface area contributed by atoms with Crippen molar-refractivity contribution >= 4 is 17.5 Å². The van der Waals surface area contributed by atoms with Crippen LogP contribution in [-0.4, -0.2) is 32.1 Å². The molecule has 0 spiro atoms. The zero-order chi connectivity index (χ0) is 17.4. The van der Waals surface area contributed by atoms with Crippen molar-refractivity contribution in [2.45, 2.75) is 13.3 Å². The highest BCUT2D eigenvalue weighted by molar-refractivity contribution is 6.04. The SMILES string of the molecule is COCCNC(=O)c1ccccc1NC(=O)Cc1ccccc1C. The Bertz CT molecular complexity index is 713. The first-order valence-electron chi connectivity index (χ1n) is 7.82. The number of amides is 2. The Labute approximate surface area is 142 Å². The molecule has 0 radical (unpaired) electrons. The van der Waals surface area contributed by atoms with Gasteiger partial charge in [0.2, 0.25) is 5.91 Å². The van der Waals surface area contributed by atoms with Gasteiger partial charge >= 0.3 is 0 Å². The molecule has 0 saturated heterocycles. The number of methoxy groups -OCH3 is 1. The summed E-state index contributed by atoms with van der Waals surface area (Å²) in [6, 6.07) is 14.7. The van der Waals surface area contributed by atoms with Gasteiger partial charge in [-0.25, -0.2) is 0 Å². The third-order valence-corrected chi connectivity index (χ3v) is 3.65. The van der Waals surface area contributed by atoms with Gasteiger partial charge in [0.25, 0.3) is 5.91 Å². The number of aryl methyl sites for hydroxylation is 1. The van der Waals surface area contributed by atoms with Gasteiger partial charge < -0.3 is 15.4 Å². The summed E-state index contributed by atoms with van der Waals surface area (Å²) in [5.41, 5.74) is 2.98. The van der Waals surface area contributed by atoms with Crippen LogP contribution in [0.25, 0.3) is 0 Å². The van der Waals surface area contributed by atoms with E-state index in [2.05, 4.69) is 10.6 Å². The molecule has 126 valence electrons. The molecule has 0 fully saturated rings. The lowest BCUT2D eigenvalue weighted by Gasteiger charge is -2.12. The fourth-order valence-corrected chi connectivity index (χ4v) is 2.33. The summed E-state index contributed by atoms with van der Waals surface area (Å²) >= 11 is 0. The number of anilines is 1. The molecule has 0 aliphatic carbocycles. The van der Waals surface area contributed by atoms with Gasteiger partial charge in [0.05, 0.1) is 24.3 Å². The summed E-state index contributed by atoms with van der Waals surface area (Å²) in [5.74, 6) is -0.389. The molecule has 2 rings (SSSR count). The first kappa shape index (κ1) is 17.7. The highest BCUT2D eigenvalue weighted by atomic mass is 16.5. The minimum absolute atomic E-state index is 0.151. The smallest absolute Gasteiger partial charge is 0.253 e. The highest BCUT2D eigenvalue weighted by Crippen LogP contribution is 2.16. The van der Waals surface area contributed by atoms with E-state index < -0.39 is 0 Å². The molecule has 5 nitrogen and oxygen atoms in total. The Morgan fingerprint density at radius 2 is 1.75 bits per heavy atom. The van der Waals surface area contributed by atoms with Crippen molar-refractivity contribution in [3.05, 3.63) is 65.2 Å². The van der Waals surface area contributed by atoms with Gasteiger partial charge in [-0.2, -0.15) is 0 Å². The number of carbonyl (C=O) groups is 2. The predicted octanol–water partition coefficient (Wildman–Crippen LogP) is 2.55. The Hall–Kier alpha value is -2.66. The average Bonchev–Trinajstić information content (AvgIpc) is 2.57. The van der Waals surface area contributed by atoms with Gasteiger partial charge in [-0.3, -0.25) is 9.59 Å². The molecular weight excluding hydrogens is 304 g/mol. The molecule has 2 amide bonds. The number of rotatable bonds is 7. The first-order valence-corrected chi connectivity index (χ1v) is 7.82. The number of ether oxygens (including phenoxy) is 1. The Morgan fingerprint density at radius 3 is 2.50 bits per heavy atom. The molecule has 0 saturated carbocycles. The van der Waals surface area contributed by atoms with E-state index in [0.29, 0.717) is 24.4 Å². The van der Waals surface area contributed by atoms with E-state index in [1.807, 2.05) is 31.2 Å². The first-order chi connectivity index (χ1) is 11.6. The minimum atomic E-state index is -0.237. The second-order valence-corrected chi connectivity index (χ2v) is 5.45. The van der Waals surface area contributed by atoms with Crippen molar-refractivity contribution in [2.75, 3.05) is 25.6 Å². The van der Waals surface area contributed by atoms with Crippen LogP contribution in [0.1, 0.15) is 21.5 Å². The van der Waals surface area contributed by atoms with Crippen molar-refractivity contribution in [3.63, 3.8) is 0 Å². The van der Waals surface area contributed by atoms with Crippen molar-refractivity contribution < 1.29 is 14.3 Å². The second kappa shape index (κ2) is 8.84. The van der Waals surface area contributed by atoms with E-state index in [4.69, 9.17) is 4.74 Å². The van der Waals surface area contributed by atoms with Crippen LogP contribution in [0.3, 0.4) is 0 Å². The van der Waals surface area contributed by atoms with E-state index >= 15 is 0 Å². The van der Waals surface area contributed by atoms with Crippen LogP contribution in [0.4, 0.5) is 5.69 Å². The van der Waals surface area contributed by atoms with Crippen LogP contribution in [0, 0.1) is 6.92 Å². The monoisotopic (exact) mass is 326 g/mol. The van der Waals surface area contributed by atoms with Gasteiger partial charge in [0.1, 0.15) is 0 Å². The van der Waals surface area contributed by atoms with E-state index in [9.17, 15) is 9.59 Å². The molecule has 0 bridgehead atoms. The lowest BCUT2D eigenvalue weighted by Crippen LogP contribution is -2.28. The maximum Gasteiger partial charge on any atom is 0.253 e. The molecule has 2 aromatic carbocycles. The predicted molar refractivity (Wildman–Crippen MR) is 94.2 cm³/mol. The third-order valence-electron chi connectivity index (χ3n) is 3.65. The van der Waals surface area contributed by atoms with E-state index in [0.717, 1.165) is 11.1 Å². The Morgan fingerprint density at radius 1 is 1.04 bits per heavy atom. The molecule has 2 aromatic rings. The number of hydrogen-bond donors (Lipinski definition) is 2. The zero-order valence-electron chi connectivity index (χ0n) is 14.0.